The fourth-order valence-electron chi connectivity index (χ4n) is 6.32. The quantitative estimate of drug-likeness (QED) is 0.0412. The molecule has 0 aliphatic rings. The van der Waals surface area contributed by atoms with Crippen LogP contribution in [0.25, 0.3) is 75.1 Å². The van der Waals surface area contributed by atoms with Crippen molar-refractivity contribution in [1.82, 2.24) is 40.3 Å². The summed E-state index contributed by atoms with van der Waals surface area (Å²) in [5.74, 6) is 0.827. The fraction of sp³-hybridized carbons (Fsp3) is 0.156. The summed E-state index contributed by atoms with van der Waals surface area (Å²) >= 11 is 5.26. The first-order valence-corrected chi connectivity index (χ1v) is 22.3. The van der Waals surface area contributed by atoms with Gasteiger partial charge in [0.2, 0.25) is 0 Å². The Kier molecular flexibility index (Phi) is 15.6. The van der Waals surface area contributed by atoms with E-state index in [1.54, 1.807) is 64.5 Å². The Balaban J connectivity index is 0.000000203. The molecule has 0 saturated heterocycles. The Labute approximate surface area is 406 Å². The standard InChI is InChI=1S/C27H15N3O4S3.C18H15F6N5O.Ru/c31-14-33-17-4-6-29-20(9-17)22-11-18(34-15-32)10-21(30-22)19-8-16(3-5-28-19)24-12-26-27(36-24)13-25(37-26)23-2-1-7-35-23;1-2-3-4-5-30-10-6-11(13-8-15(28-26-13)17(19,20)21)25-12(7-10)14-9-16(29-27-14)18(22,23)24;/h1-15H;6-9H,2-5H2,1H3;/q;-2;+2. The average Bonchev–Trinajstić information content (AvgIpc) is 4.17. The third-order valence-electron chi connectivity index (χ3n) is 9.44. The number of alkyl halides is 6. The molecule has 0 saturated carbocycles. The summed E-state index contributed by atoms with van der Waals surface area (Å²) in [6, 6.07) is 23.1. The van der Waals surface area contributed by atoms with Crippen molar-refractivity contribution in [3.8, 4) is 83.0 Å². The van der Waals surface area contributed by atoms with Gasteiger partial charge in [-0.15, -0.1) is 34.0 Å². The molecule has 0 aliphatic carbocycles. The fourth-order valence-corrected chi connectivity index (χ4v) is 9.54. The predicted octanol–water partition coefficient (Wildman–Crippen LogP) is 11.7. The molecule has 9 rings (SSSR count). The van der Waals surface area contributed by atoms with Crippen LogP contribution < -0.4 is 24.4 Å². The monoisotopic (exact) mass is 1070 g/mol. The summed E-state index contributed by atoms with van der Waals surface area (Å²) in [7, 11) is 0. The molecular weight excluding hydrogens is 1040 g/mol. The van der Waals surface area contributed by atoms with Crippen LogP contribution >= 0.6 is 34.0 Å². The molecule has 9 heterocycles. The number of aromatic nitrogens is 8. The van der Waals surface area contributed by atoms with E-state index in [9.17, 15) is 35.9 Å². The minimum atomic E-state index is -4.69. The van der Waals surface area contributed by atoms with Gasteiger partial charge in [-0.05, 0) is 65.9 Å². The minimum absolute atomic E-state index is 0. The predicted molar refractivity (Wildman–Crippen MR) is 238 cm³/mol. The van der Waals surface area contributed by atoms with E-state index in [-0.39, 0.29) is 48.0 Å². The summed E-state index contributed by atoms with van der Waals surface area (Å²) in [5.41, 5.74) is 0.144. The van der Waals surface area contributed by atoms with E-state index in [1.807, 2.05) is 19.1 Å². The van der Waals surface area contributed by atoms with Gasteiger partial charge in [-0.2, -0.15) is 26.3 Å². The summed E-state index contributed by atoms with van der Waals surface area (Å²) in [6.45, 7) is 3.02. The number of unbranched alkanes of at least 4 members (excludes halogenated alkanes) is 2. The molecule has 348 valence electrons. The summed E-state index contributed by atoms with van der Waals surface area (Å²) < 4.78 is 95.1. The molecule has 0 radical (unpaired) electrons. The van der Waals surface area contributed by atoms with E-state index in [0.717, 1.165) is 29.7 Å². The Bertz CT molecular complexity index is 3050. The van der Waals surface area contributed by atoms with E-state index < -0.39 is 23.7 Å². The summed E-state index contributed by atoms with van der Waals surface area (Å²) in [4.78, 5) is 43.1. The number of halogens is 6. The van der Waals surface area contributed by atoms with Crippen LogP contribution in [0.1, 0.15) is 37.6 Å². The van der Waals surface area contributed by atoms with E-state index in [0.29, 0.717) is 66.0 Å². The zero-order valence-electron chi connectivity index (χ0n) is 34.8. The number of hydrogen-bond acceptors (Lipinski definition) is 14. The smallest absolute Gasteiger partial charge is 0.573 e. The molecule has 0 aromatic carbocycles. The topological polar surface area (TPSA) is 167 Å². The van der Waals surface area contributed by atoms with Gasteiger partial charge in [0.1, 0.15) is 28.6 Å². The van der Waals surface area contributed by atoms with E-state index in [2.05, 4.69) is 65.0 Å². The van der Waals surface area contributed by atoms with Crippen LogP contribution in [0.15, 0.2) is 103 Å². The number of nitrogens with zero attached hydrogens (tertiary/aromatic N) is 8. The maximum absolute atomic E-state index is 12.8. The first-order chi connectivity index (χ1) is 32.3. The molecule has 0 atom stereocenters. The Hall–Kier alpha value is -6.68. The summed E-state index contributed by atoms with van der Waals surface area (Å²) in [6.07, 6.45) is -3.57. The van der Waals surface area contributed by atoms with Crippen LogP contribution in [0.5, 0.6) is 17.2 Å². The van der Waals surface area contributed by atoms with Crippen molar-refractivity contribution in [3.05, 3.63) is 114 Å². The number of pyridine rings is 4. The van der Waals surface area contributed by atoms with Gasteiger partial charge in [0.15, 0.2) is 0 Å². The normalized spacial score (nSPS) is 11.4. The van der Waals surface area contributed by atoms with E-state index >= 15 is 0 Å². The van der Waals surface area contributed by atoms with Gasteiger partial charge >= 0.3 is 31.8 Å². The molecule has 0 N–H and O–H groups in total. The molecule has 13 nitrogen and oxygen atoms in total. The second kappa shape index (κ2) is 21.5. The zero-order chi connectivity index (χ0) is 47.1. The maximum atomic E-state index is 12.8. The van der Waals surface area contributed by atoms with Crippen LogP contribution in [0.2, 0.25) is 0 Å². The van der Waals surface area contributed by atoms with Crippen LogP contribution in [-0.2, 0) is 41.4 Å². The van der Waals surface area contributed by atoms with Gasteiger partial charge in [0.05, 0.1) is 40.8 Å². The van der Waals surface area contributed by atoms with Crippen molar-refractivity contribution in [2.75, 3.05) is 6.61 Å². The molecule has 0 fully saturated rings. The zero-order valence-corrected chi connectivity index (χ0v) is 39.0. The van der Waals surface area contributed by atoms with Gasteiger partial charge in [-0.1, -0.05) is 37.2 Å². The molecule has 68 heavy (non-hydrogen) atoms. The number of fused-ring (bicyclic) bond motifs is 1. The molecule has 0 bridgehead atoms. The van der Waals surface area contributed by atoms with Gasteiger partial charge in [0.25, 0.3) is 12.9 Å². The number of thiophene rings is 3. The second-order valence-corrected chi connectivity index (χ2v) is 17.2. The largest absolute Gasteiger partial charge is 2.00 e. The first kappa shape index (κ1) is 49.2. The minimum Gasteiger partial charge on any atom is -0.573 e. The molecule has 0 aliphatic heterocycles. The number of carbonyl (C=O) groups excluding carboxylic acids is 2. The van der Waals surface area contributed by atoms with Crippen molar-refractivity contribution < 1.29 is 69.6 Å². The van der Waals surface area contributed by atoms with Crippen LogP contribution in [0.3, 0.4) is 0 Å². The Morgan fingerprint density at radius 3 is 1.72 bits per heavy atom. The number of ether oxygens (including phenoxy) is 3. The number of carbonyl (C=O) groups is 2. The maximum Gasteiger partial charge on any atom is 2.00 e. The van der Waals surface area contributed by atoms with Gasteiger partial charge < -0.3 is 34.6 Å². The van der Waals surface area contributed by atoms with Crippen LogP contribution in [-0.4, -0.2) is 49.7 Å². The number of rotatable bonds is 15. The van der Waals surface area contributed by atoms with Crippen molar-refractivity contribution in [1.29, 1.82) is 0 Å². The van der Waals surface area contributed by atoms with Crippen LogP contribution in [0, 0.1) is 0 Å². The molecule has 23 heteroatoms. The SMILES string of the molecule is CCCCCOc1cc(-c2cc(C(F)(F)F)n[n-]2)nc(-c2cc(C(F)(F)F)n[n-]2)c1.O=COc1ccnc(-c2cc(OC=O)cc(-c3cc(-c4cc5sc(-c6cccs6)cc5s4)ccn3)n2)c1.[Ru+2]. The molecular formula is C45H30F6N8O5RuS3. The Morgan fingerprint density at radius 1 is 0.603 bits per heavy atom. The Morgan fingerprint density at radius 2 is 1.15 bits per heavy atom. The third kappa shape index (κ3) is 11.9. The number of hydrogen-bond donors (Lipinski definition) is 0. The van der Waals surface area contributed by atoms with E-state index in [4.69, 9.17) is 19.2 Å². The molecule has 0 amide bonds. The molecule has 9 aromatic heterocycles. The van der Waals surface area contributed by atoms with Gasteiger partial charge in [0, 0.05) is 66.8 Å². The third-order valence-corrected chi connectivity index (χ3v) is 12.8. The first-order valence-electron chi connectivity index (χ1n) is 19.8. The van der Waals surface area contributed by atoms with Crippen molar-refractivity contribution in [2.45, 2.75) is 38.5 Å². The van der Waals surface area contributed by atoms with Gasteiger partial charge in [-0.25, -0.2) is 4.98 Å². The van der Waals surface area contributed by atoms with Crippen molar-refractivity contribution in [2.24, 2.45) is 0 Å². The van der Waals surface area contributed by atoms with Gasteiger partial charge in [-0.3, -0.25) is 24.5 Å². The summed E-state index contributed by atoms with van der Waals surface area (Å²) in [5, 5.41) is 15.2. The van der Waals surface area contributed by atoms with Crippen molar-refractivity contribution in [3.63, 3.8) is 0 Å². The van der Waals surface area contributed by atoms with Crippen LogP contribution in [0.4, 0.5) is 26.3 Å². The second-order valence-electron chi connectivity index (χ2n) is 14.1. The average molecular weight is 1070 g/mol. The molecule has 9 aromatic rings. The molecule has 0 unspecified atom stereocenters. The molecule has 0 spiro atoms. The van der Waals surface area contributed by atoms with Crippen molar-refractivity contribution >= 4 is 56.4 Å². The van der Waals surface area contributed by atoms with E-state index in [1.165, 1.54) is 37.5 Å².